The molecule has 7 heteroatoms. The van der Waals surface area contributed by atoms with E-state index in [1.807, 2.05) is 71.7 Å². The molecule has 1 N–H and O–H groups in total. The van der Waals surface area contributed by atoms with Gasteiger partial charge in [0.25, 0.3) is 5.91 Å². The van der Waals surface area contributed by atoms with Crippen LogP contribution in [-0.2, 0) is 10.5 Å². The molecule has 3 aromatic carbocycles. The van der Waals surface area contributed by atoms with Crippen molar-refractivity contribution in [2.75, 3.05) is 5.32 Å². The van der Waals surface area contributed by atoms with Crippen LogP contribution in [0.2, 0.25) is 5.02 Å². The van der Waals surface area contributed by atoms with Gasteiger partial charge in [0, 0.05) is 21.5 Å². The zero-order chi connectivity index (χ0) is 20.5. The van der Waals surface area contributed by atoms with Gasteiger partial charge in [-0.3, -0.25) is 4.79 Å². The topological polar surface area (TPSA) is 53.9 Å². The Morgan fingerprint density at radius 1 is 1.13 bits per heavy atom. The fourth-order valence-corrected chi connectivity index (χ4v) is 4.97. The second-order valence-electron chi connectivity index (χ2n) is 7.55. The summed E-state index contributed by atoms with van der Waals surface area (Å²) in [7, 11) is 0. The number of nitrogens with one attached hydrogen (secondary N) is 1. The van der Waals surface area contributed by atoms with Gasteiger partial charge >= 0.3 is 5.72 Å². The van der Waals surface area contributed by atoms with E-state index < -0.39 is 5.72 Å². The van der Waals surface area contributed by atoms with Gasteiger partial charge in [0.15, 0.2) is 0 Å². The summed E-state index contributed by atoms with van der Waals surface area (Å²) in [4.78, 5) is 13.4. The number of anilines is 1. The molecule has 2 atom stereocenters. The molecule has 0 aliphatic carbocycles. The molecule has 0 unspecified atom stereocenters. The van der Waals surface area contributed by atoms with Crippen LogP contribution in [0.25, 0.3) is 0 Å². The third-order valence-electron chi connectivity index (χ3n) is 5.85. The van der Waals surface area contributed by atoms with Crippen LogP contribution in [0.3, 0.4) is 0 Å². The van der Waals surface area contributed by atoms with E-state index in [4.69, 9.17) is 21.4 Å². The highest BCUT2D eigenvalue weighted by atomic mass is 79.9. The Labute approximate surface area is 186 Å². The monoisotopic (exact) mass is 479 g/mol. The highest BCUT2D eigenvalue weighted by Crippen LogP contribution is 2.54. The van der Waals surface area contributed by atoms with Crippen LogP contribution in [0.15, 0.2) is 76.3 Å². The maximum Gasteiger partial charge on any atom is 0.306 e. The predicted molar refractivity (Wildman–Crippen MR) is 119 cm³/mol. The number of halogens is 2. The molecule has 1 spiro atoms. The SMILES string of the molecule is O=C1Nc2ccc(Br)cc2[C@]12Oc1ccccc1[C@H]1CC(c3ccc(Cl)cc3)=NN12. The largest absolute Gasteiger partial charge is 0.453 e. The minimum atomic E-state index is -1.35. The molecule has 0 saturated carbocycles. The number of hydrazone groups is 1. The van der Waals surface area contributed by atoms with E-state index in [0.29, 0.717) is 17.2 Å². The summed E-state index contributed by atoms with van der Waals surface area (Å²) < 4.78 is 7.33. The zero-order valence-electron chi connectivity index (χ0n) is 15.6. The van der Waals surface area contributed by atoms with Gasteiger partial charge < -0.3 is 10.1 Å². The first-order valence-corrected chi connectivity index (χ1v) is 10.8. The van der Waals surface area contributed by atoms with E-state index in [2.05, 4.69) is 21.2 Å². The van der Waals surface area contributed by atoms with Crippen molar-refractivity contribution in [3.63, 3.8) is 0 Å². The summed E-state index contributed by atoms with van der Waals surface area (Å²) in [5, 5.41) is 10.4. The van der Waals surface area contributed by atoms with Crippen LogP contribution in [0, 0.1) is 0 Å². The summed E-state index contributed by atoms with van der Waals surface area (Å²) in [6, 6.07) is 21.1. The average molecular weight is 481 g/mol. The second-order valence-corrected chi connectivity index (χ2v) is 8.90. The van der Waals surface area contributed by atoms with Crippen LogP contribution in [0.1, 0.15) is 29.2 Å². The molecular weight excluding hydrogens is 466 g/mol. The average Bonchev–Trinajstić information content (AvgIpc) is 3.30. The Morgan fingerprint density at radius 3 is 2.77 bits per heavy atom. The number of hydrogen-bond donors (Lipinski definition) is 1. The van der Waals surface area contributed by atoms with Crippen LogP contribution in [0.5, 0.6) is 5.75 Å². The molecule has 0 aromatic heterocycles. The van der Waals surface area contributed by atoms with Gasteiger partial charge in [0.1, 0.15) is 5.75 Å². The van der Waals surface area contributed by atoms with Crippen molar-refractivity contribution < 1.29 is 9.53 Å². The van der Waals surface area contributed by atoms with Gasteiger partial charge in [-0.05, 0) is 42.0 Å². The maximum absolute atomic E-state index is 13.4. The van der Waals surface area contributed by atoms with Crippen molar-refractivity contribution >= 4 is 44.8 Å². The summed E-state index contributed by atoms with van der Waals surface area (Å²) in [6.07, 6.45) is 0.667. The van der Waals surface area contributed by atoms with Crippen LogP contribution < -0.4 is 10.1 Å². The Kier molecular flexibility index (Phi) is 3.80. The molecule has 30 heavy (non-hydrogen) atoms. The molecule has 3 heterocycles. The summed E-state index contributed by atoms with van der Waals surface area (Å²) in [5.74, 6) is 0.463. The Hall–Kier alpha value is -2.83. The van der Waals surface area contributed by atoms with Crippen molar-refractivity contribution in [1.29, 1.82) is 0 Å². The summed E-state index contributed by atoms with van der Waals surface area (Å²) in [5.41, 5.74) is 3.03. The first-order chi connectivity index (χ1) is 14.6. The fourth-order valence-electron chi connectivity index (χ4n) is 4.48. The zero-order valence-corrected chi connectivity index (χ0v) is 17.9. The fraction of sp³-hybridized carbons (Fsp3) is 0.130. The van der Waals surface area contributed by atoms with E-state index in [1.165, 1.54) is 0 Å². The smallest absolute Gasteiger partial charge is 0.306 e. The predicted octanol–water partition coefficient (Wildman–Crippen LogP) is 5.45. The highest BCUT2D eigenvalue weighted by Gasteiger charge is 2.60. The van der Waals surface area contributed by atoms with E-state index in [0.717, 1.165) is 32.6 Å². The van der Waals surface area contributed by atoms with Gasteiger partial charge in [-0.25, -0.2) is 5.01 Å². The first-order valence-electron chi connectivity index (χ1n) is 9.58. The number of rotatable bonds is 1. The van der Waals surface area contributed by atoms with Crippen LogP contribution >= 0.6 is 27.5 Å². The van der Waals surface area contributed by atoms with Crippen molar-refractivity contribution in [3.05, 3.63) is 92.9 Å². The number of para-hydroxylation sites is 1. The third kappa shape index (κ3) is 2.41. The van der Waals surface area contributed by atoms with Crippen molar-refractivity contribution in [1.82, 2.24) is 5.01 Å². The molecule has 0 radical (unpaired) electrons. The van der Waals surface area contributed by atoms with E-state index >= 15 is 0 Å². The molecular formula is C23H15BrClN3O2. The number of benzene rings is 3. The molecule has 148 valence electrons. The first kappa shape index (κ1) is 18.0. The molecule has 0 saturated heterocycles. The molecule has 0 fully saturated rings. The minimum Gasteiger partial charge on any atom is -0.453 e. The van der Waals surface area contributed by atoms with Crippen LogP contribution in [0.4, 0.5) is 5.69 Å². The second kappa shape index (κ2) is 6.33. The number of carbonyl (C=O) groups is 1. The van der Waals surface area contributed by atoms with Gasteiger partial charge in [0.05, 0.1) is 23.0 Å². The maximum atomic E-state index is 13.4. The molecule has 1 amide bonds. The lowest BCUT2D eigenvalue weighted by Crippen LogP contribution is -2.55. The normalized spacial score (nSPS) is 23.4. The van der Waals surface area contributed by atoms with Crippen molar-refractivity contribution in [2.24, 2.45) is 5.10 Å². The molecule has 3 aliphatic heterocycles. The van der Waals surface area contributed by atoms with Gasteiger partial charge in [0.2, 0.25) is 0 Å². The number of ether oxygens (including phenoxy) is 1. The standard InChI is InChI=1S/C23H15BrClN3O2/c24-14-7-10-18-17(11-14)23(22(29)26-18)28-20(16-3-1-2-4-21(16)30-23)12-19(27-28)13-5-8-15(25)9-6-13/h1-11,20H,12H2,(H,26,29)/t20-,23+/m1/s1. The van der Waals surface area contributed by atoms with Crippen molar-refractivity contribution in [2.45, 2.75) is 18.2 Å². The third-order valence-corrected chi connectivity index (χ3v) is 6.59. The highest BCUT2D eigenvalue weighted by molar-refractivity contribution is 9.10. The molecule has 3 aliphatic rings. The molecule has 0 bridgehead atoms. The van der Waals surface area contributed by atoms with Crippen LogP contribution in [-0.4, -0.2) is 16.6 Å². The Balaban J connectivity index is 1.57. The van der Waals surface area contributed by atoms with E-state index in [9.17, 15) is 4.79 Å². The minimum absolute atomic E-state index is 0.115. The number of nitrogens with zero attached hydrogens (tertiary/aromatic N) is 2. The van der Waals surface area contributed by atoms with E-state index in [1.54, 1.807) is 0 Å². The van der Waals surface area contributed by atoms with E-state index in [-0.39, 0.29) is 11.9 Å². The van der Waals surface area contributed by atoms with Gasteiger partial charge in [-0.2, -0.15) is 5.10 Å². The number of hydrogen-bond acceptors (Lipinski definition) is 4. The summed E-state index contributed by atoms with van der Waals surface area (Å²) in [6.45, 7) is 0. The van der Waals surface area contributed by atoms with Gasteiger partial charge in [-0.15, -0.1) is 0 Å². The molecule has 6 rings (SSSR count). The van der Waals surface area contributed by atoms with Crippen molar-refractivity contribution in [3.8, 4) is 5.75 Å². The van der Waals surface area contributed by atoms with Gasteiger partial charge in [-0.1, -0.05) is 57.9 Å². The lowest BCUT2D eigenvalue weighted by molar-refractivity contribution is -0.161. The lowest BCUT2D eigenvalue weighted by atomic mass is 9.92. The quantitative estimate of drug-likeness (QED) is 0.504. The molecule has 5 nitrogen and oxygen atoms in total. The Bertz CT molecular complexity index is 1240. The molecule has 3 aromatic rings. The lowest BCUT2D eigenvalue weighted by Gasteiger charge is -2.44. The Morgan fingerprint density at radius 2 is 1.93 bits per heavy atom. The summed E-state index contributed by atoms with van der Waals surface area (Å²) >= 11 is 9.60. The number of carbonyl (C=O) groups excluding carboxylic acids is 1. The number of fused-ring (bicyclic) bond motifs is 6. The number of amides is 1.